The van der Waals surface area contributed by atoms with E-state index in [1.165, 1.54) is 0 Å². The summed E-state index contributed by atoms with van der Waals surface area (Å²) in [5, 5.41) is 9.63. The molecule has 0 atom stereocenters. The molecule has 0 saturated carbocycles. The van der Waals surface area contributed by atoms with Crippen molar-refractivity contribution in [2.45, 2.75) is 54.1 Å². The van der Waals surface area contributed by atoms with Crippen molar-refractivity contribution in [1.29, 1.82) is 0 Å². The van der Waals surface area contributed by atoms with Crippen LogP contribution >= 0.6 is 0 Å². The van der Waals surface area contributed by atoms with Crippen LogP contribution in [-0.2, 0) is 13.1 Å². The fourth-order valence-electron chi connectivity index (χ4n) is 2.65. The third-order valence-corrected chi connectivity index (χ3v) is 3.29. The Morgan fingerprint density at radius 2 is 1.76 bits per heavy atom. The Hall–Kier alpha value is -1.29. The van der Waals surface area contributed by atoms with E-state index in [2.05, 4.69) is 39.5 Å². The first kappa shape index (κ1) is 17.8. The summed E-state index contributed by atoms with van der Waals surface area (Å²) in [6, 6.07) is 1.58. The second-order valence-electron chi connectivity index (χ2n) is 6.69. The standard InChI is InChI=1S/C17H30N2O2/c1-6-7-19-12-17(21)16(20)8-15(19)11-18(9-13(2)3)10-14(4)5/h8,12-14,21H,6-7,9-11H2,1-5H3. The smallest absolute Gasteiger partial charge is 0.223 e. The van der Waals surface area contributed by atoms with Gasteiger partial charge in [0.2, 0.25) is 5.43 Å². The van der Waals surface area contributed by atoms with Crippen LogP contribution in [0, 0.1) is 11.8 Å². The lowest BCUT2D eigenvalue weighted by molar-refractivity contribution is 0.206. The normalized spacial score (nSPS) is 11.8. The molecule has 0 aliphatic heterocycles. The van der Waals surface area contributed by atoms with Gasteiger partial charge in [0.1, 0.15) is 0 Å². The molecule has 1 N–H and O–H groups in total. The molecule has 0 radical (unpaired) electrons. The molecule has 4 nitrogen and oxygen atoms in total. The highest BCUT2D eigenvalue weighted by atomic mass is 16.3. The van der Waals surface area contributed by atoms with Crippen LogP contribution in [0.5, 0.6) is 5.75 Å². The van der Waals surface area contributed by atoms with Crippen LogP contribution in [0.3, 0.4) is 0 Å². The predicted octanol–water partition coefficient (Wildman–Crippen LogP) is 3.08. The van der Waals surface area contributed by atoms with Crippen molar-refractivity contribution in [3.63, 3.8) is 0 Å². The van der Waals surface area contributed by atoms with Gasteiger partial charge in [-0.3, -0.25) is 9.69 Å². The summed E-state index contributed by atoms with van der Waals surface area (Å²) in [7, 11) is 0. The van der Waals surface area contributed by atoms with Gasteiger partial charge in [0.15, 0.2) is 5.75 Å². The minimum atomic E-state index is -0.286. The number of aromatic nitrogens is 1. The predicted molar refractivity (Wildman–Crippen MR) is 87.6 cm³/mol. The van der Waals surface area contributed by atoms with Gasteiger partial charge in [-0.15, -0.1) is 0 Å². The molecule has 21 heavy (non-hydrogen) atoms. The molecule has 0 unspecified atom stereocenters. The van der Waals surface area contributed by atoms with Gasteiger partial charge in [-0.1, -0.05) is 34.6 Å². The van der Waals surface area contributed by atoms with Crippen LogP contribution in [0.25, 0.3) is 0 Å². The number of aryl methyl sites for hydroxylation is 1. The maximum absolute atomic E-state index is 11.7. The van der Waals surface area contributed by atoms with Gasteiger partial charge in [0, 0.05) is 37.9 Å². The third-order valence-electron chi connectivity index (χ3n) is 3.29. The second-order valence-corrected chi connectivity index (χ2v) is 6.69. The van der Waals surface area contributed by atoms with E-state index in [1.807, 2.05) is 4.57 Å². The molecule has 1 aromatic heterocycles. The van der Waals surface area contributed by atoms with Crippen LogP contribution in [0.15, 0.2) is 17.1 Å². The zero-order valence-corrected chi connectivity index (χ0v) is 14.1. The van der Waals surface area contributed by atoms with Crippen LogP contribution in [0.4, 0.5) is 0 Å². The topological polar surface area (TPSA) is 45.5 Å². The Morgan fingerprint density at radius 3 is 2.24 bits per heavy atom. The van der Waals surface area contributed by atoms with Crippen LogP contribution in [0.1, 0.15) is 46.7 Å². The minimum absolute atomic E-state index is 0.161. The van der Waals surface area contributed by atoms with Crippen molar-refractivity contribution in [1.82, 2.24) is 9.47 Å². The van der Waals surface area contributed by atoms with E-state index < -0.39 is 0 Å². The zero-order chi connectivity index (χ0) is 16.0. The van der Waals surface area contributed by atoms with E-state index in [9.17, 15) is 9.90 Å². The van der Waals surface area contributed by atoms with Crippen LogP contribution in [-0.4, -0.2) is 27.7 Å². The SMILES string of the molecule is CCCn1cc(O)c(=O)cc1CN(CC(C)C)CC(C)C. The van der Waals surface area contributed by atoms with E-state index in [-0.39, 0.29) is 11.2 Å². The number of nitrogens with zero attached hydrogens (tertiary/aromatic N) is 2. The molecule has 120 valence electrons. The molecule has 0 bridgehead atoms. The quantitative estimate of drug-likeness (QED) is 0.801. The lowest BCUT2D eigenvalue weighted by atomic mass is 10.1. The van der Waals surface area contributed by atoms with Gasteiger partial charge in [-0.2, -0.15) is 0 Å². The molecule has 0 amide bonds. The van der Waals surface area contributed by atoms with E-state index in [4.69, 9.17) is 0 Å². The molecule has 0 aliphatic carbocycles. The average molecular weight is 294 g/mol. The average Bonchev–Trinajstić information content (AvgIpc) is 2.34. The lowest BCUT2D eigenvalue weighted by Crippen LogP contribution is -2.32. The number of rotatable bonds is 8. The first-order valence-corrected chi connectivity index (χ1v) is 7.98. The van der Waals surface area contributed by atoms with E-state index in [1.54, 1.807) is 12.3 Å². The molecule has 0 spiro atoms. The Morgan fingerprint density at radius 1 is 1.19 bits per heavy atom. The van der Waals surface area contributed by atoms with Crippen molar-refractivity contribution in [2.75, 3.05) is 13.1 Å². The lowest BCUT2D eigenvalue weighted by Gasteiger charge is -2.27. The fraction of sp³-hybridized carbons (Fsp3) is 0.706. The molecule has 0 saturated heterocycles. The van der Waals surface area contributed by atoms with Crippen molar-refractivity contribution in [3.05, 3.63) is 28.2 Å². The Balaban J connectivity index is 3.00. The molecular formula is C17H30N2O2. The summed E-state index contributed by atoms with van der Waals surface area (Å²) in [4.78, 5) is 14.1. The van der Waals surface area contributed by atoms with E-state index >= 15 is 0 Å². The van der Waals surface area contributed by atoms with E-state index in [0.717, 1.165) is 38.3 Å². The summed E-state index contributed by atoms with van der Waals surface area (Å²) in [5.41, 5.74) is 0.701. The fourth-order valence-corrected chi connectivity index (χ4v) is 2.65. The van der Waals surface area contributed by atoms with Gasteiger partial charge >= 0.3 is 0 Å². The molecule has 1 rings (SSSR count). The van der Waals surface area contributed by atoms with Gasteiger partial charge in [0.05, 0.1) is 6.20 Å². The number of hydrogen-bond acceptors (Lipinski definition) is 3. The Bertz CT molecular complexity index is 482. The van der Waals surface area contributed by atoms with Crippen LogP contribution in [0.2, 0.25) is 0 Å². The van der Waals surface area contributed by atoms with E-state index in [0.29, 0.717) is 11.8 Å². The van der Waals surface area contributed by atoms with Crippen molar-refractivity contribution in [2.24, 2.45) is 11.8 Å². The summed E-state index contributed by atoms with van der Waals surface area (Å²) in [5.74, 6) is 1.02. The van der Waals surface area contributed by atoms with Crippen molar-refractivity contribution < 1.29 is 5.11 Å². The molecule has 0 fully saturated rings. The second kappa shape index (κ2) is 8.23. The highest BCUT2D eigenvalue weighted by Gasteiger charge is 2.13. The molecule has 1 heterocycles. The molecule has 4 heteroatoms. The maximum Gasteiger partial charge on any atom is 0.223 e. The monoisotopic (exact) mass is 294 g/mol. The Kier molecular flexibility index (Phi) is 6.96. The van der Waals surface area contributed by atoms with Crippen molar-refractivity contribution >= 4 is 0 Å². The van der Waals surface area contributed by atoms with Gasteiger partial charge in [0.25, 0.3) is 0 Å². The number of hydrogen-bond donors (Lipinski definition) is 1. The molecule has 1 aromatic rings. The number of aromatic hydroxyl groups is 1. The summed E-state index contributed by atoms with van der Waals surface area (Å²) < 4.78 is 2.00. The summed E-state index contributed by atoms with van der Waals surface area (Å²) in [6.07, 6.45) is 2.55. The van der Waals surface area contributed by atoms with Gasteiger partial charge in [-0.25, -0.2) is 0 Å². The van der Waals surface area contributed by atoms with Crippen LogP contribution < -0.4 is 5.43 Å². The molecule has 0 aliphatic rings. The minimum Gasteiger partial charge on any atom is -0.503 e. The Labute approximate surface area is 128 Å². The summed E-state index contributed by atoms with van der Waals surface area (Å²) >= 11 is 0. The molecular weight excluding hydrogens is 264 g/mol. The first-order valence-electron chi connectivity index (χ1n) is 7.98. The van der Waals surface area contributed by atoms with Crippen molar-refractivity contribution in [3.8, 4) is 5.75 Å². The third kappa shape index (κ3) is 5.92. The highest BCUT2D eigenvalue weighted by molar-refractivity contribution is 5.20. The maximum atomic E-state index is 11.7. The first-order chi connectivity index (χ1) is 9.83. The summed E-state index contributed by atoms with van der Waals surface area (Å²) in [6.45, 7) is 14.5. The van der Waals surface area contributed by atoms with Gasteiger partial charge in [-0.05, 0) is 18.3 Å². The number of pyridine rings is 1. The largest absolute Gasteiger partial charge is 0.503 e. The highest BCUT2D eigenvalue weighted by Crippen LogP contribution is 2.12. The zero-order valence-electron chi connectivity index (χ0n) is 14.1. The van der Waals surface area contributed by atoms with Gasteiger partial charge < -0.3 is 9.67 Å². The molecule has 0 aromatic carbocycles.